The minimum Gasteiger partial charge on any atom is -0.477 e. The van der Waals surface area contributed by atoms with Crippen molar-refractivity contribution < 1.29 is 19.2 Å². The molecule has 0 heterocycles. The van der Waals surface area contributed by atoms with Gasteiger partial charge >= 0.3 is 11.7 Å². The molecule has 2 N–H and O–H groups in total. The molecule has 5 rings (SSSR count). The summed E-state index contributed by atoms with van der Waals surface area (Å²) in [7, 11) is 0. The minimum absolute atomic E-state index is 0.0777. The van der Waals surface area contributed by atoms with E-state index in [4.69, 9.17) is 16.3 Å². The Morgan fingerprint density at radius 2 is 1.79 bits per heavy atom. The Labute approximate surface area is 167 Å². The first-order valence-corrected chi connectivity index (χ1v) is 9.88. The van der Waals surface area contributed by atoms with Gasteiger partial charge < -0.3 is 10.1 Å². The zero-order chi connectivity index (χ0) is 19.9. The summed E-state index contributed by atoms with van der Waals surface area (Å²) in [5.74, 6) is 1.29. The van der Waals surface area contributed by atoms with Crippen LogP contribution in [0.25, 0.3) is 0 Å². The third-order valence-electron chi connectivity index (χ3n) is 6.15. The maximum Gasteiger partial charge on any atom is 0.321 e. The summed E-state index contributed by atoms with van der Waals surface area (Å²) in [6.07, 6.45) is 6.72. The Morgan fingerprint density at radius 3 is 2.36 bits per heavy atom. The van der Waals surface area contributed by atoms with Gasteiger partial charge in [0.05, 0.1) is 4.92 Å². The van der Waals surface area contributed by atoms with Gasteiger partial charge in [-0.3, -0.25) is 20.2 Å². The van der Waals surface area contributed by atoms with Gasteiger partial charge in [-0.1, -0.05) is 11.6 Å². The van der Waals surface area contributed by atoms with Gasteiger partial charge in [0.2, 0.25) is 0 Å². The van der Waals surface area contributed by atoms with Crippen LogP contribution in [0.4, 0.5) is 10.5 Å². The molecule has 9 heteroatoms. The molecule has 0 atom stereocenters. The molecule has 1 aromatic rings. The van der Waals surface area contributed by atoms with Gasteiger partial charge in [-0.05, 0) is 68.4 Å². The molecule has 28 heavy (non-hydrogen) atoms. The number of hydrogen-bond donors (Lipinski definition) is 2. The highest BCUT2D eigenvalue weighted by atomic mass is 35.5. The lowest BCUT2D eigenvalue weighted by Gasteiger charge is -2.56. The van der Waals surface area contributed by atoms with Gasteiger partial charge in [0, 0.05) is 16.6 Å². The second-order valence-electron chi connectivity index (χ2n) is 8.36. The largest absolute Gasteiger partial charge is 0.477 e. The highest BCUT2D eigenvalue weighted by Gasteiger charge is 2.51. The van der Waals surface area contributed by atoms with Crippen molar-refractivity contribution in [3.63, 3.8) is 0 Å². The zero-order valence-electron chi connectivity index (χ0n) is 15.3. The highest BCUT2D eigenvalue weighted by molar-refractivity contribution is 6.30. The Balaban J connectivity index is 1.31. The van der Waals surface area contributed by atoms with Gasteiger partial charge in [0.15, 0.2) is 12.4 Å². The standard InChI is InChI=1S/C19H22ClN3O5/c20-14-1-2-16(15(6-14)23(26)27)28-10-17(24)21-18(25)22-19-7-11-3-12(8-19)5-13(4-11)9-19/h1-2,6,11-13H,3-5,7-10H2,(H2,21,22,24,25). The predicted molar refractivity (Wildman–Crippen MR) is 101 cm³/mol. The summed E-state index contributed by atoms with van der Waals surface area (Å²) in [6.45, 7) is -0.503. The van der Waals surface area contributed by atoms with E-state index in [1.807, 2.05) is 0 Å². The van der Waals surface area contributed by atoms with Crippen LogP contribution < -0.4 is 15.4 Å². The SMILES string of the molecule is O=C(COc1ccc(Cl)cc1[N+](=O)[O-])NC(=O)NC12CC3CC(CC(C3)C1)C2. The summed E-state index contributed by atoms with van der Waals surface area (Å²) < 4.78 is 5.22. The van der Waals surface area contributed by atoms with E-state index in [0.29, 0.717) is 17.8 Å². The summed E-state index contributed by atoms with van der Waals surface area (Å²) >= 11 is 5.75. The molecule has 8 nitrogen and oxygen atoms in total. The number of urea groups is 1. The third-order valence-corrected chi connectivity index (χ3v) is 6.38. The zero-order valence-corrected chi connectivity index (χ0v) is 16.0. The van der Waals surface area contributed by atoms with Crippen LogP contribution in [0.1, 0.15) is 38.5 Å². The number of nitrogens with zero attached hydrogens (tertiary/aromatic N) is 1. The molecule has 4 fully saturated rings. The van der Waals surface area contributed by atoms with Crippen molar-refractivity contribution in [1.29, 1.82) is 0 Å². The minimum atomic E-state index is -0.661. The lowest BCUT2D eigenvalue weighted by atomic mass is 9.53. The van der Waals surface area contributed by atoms with E-state index in [-0.39, 0.29) is 22.0 Å². The first-order valence-electron chi connectivity index (χ1n) is 9.51. The molecule has 0 unspecified atom stereocenters. The molecule has 0 aromatic heterocycles. The molecule has 0 aliphatic heterocycles. The average Bonchev–Trinajstić information content (AvgIpc) is 2.58. The van der Waals surface area contributed by atoms with E-state index in [1.165, 1.54) is 31.4 Å². The fraction of sp³-hybridized carbons (Fsp3) is 0.579. The molecule has 4 bridgehead atoms. The maximum absolute atomic E-state index is 12.3. The summed E-state index contributed by atoms with van der Waals surface area (Å²) in [5.41, 5.74) is -0.534. The van der Waals surface area contributed by atoms with Gasteiger partial charge in [0.25, 0.3) is 5.91 Å². The number of amides is 3. The van der Waals surface area contributed by atoms with Crippen LogP contribution >= 0.6 is 11.6 Å². The second-order valence-corrected chi connectivity index (χ2v) is 8.79. The second kappa shape index (κ2) is 7.24. The number of imide groups is 1. The van der Waals surface area contributed by atoms with Crippen LogP contribution in [0.5, 0.6) is 5.75 Å². The molecule has 0 saturated heterocycles. The fourth-order valence-corrected chi connectivity index (χ4v) is 5.76. The fourth-order valence-electron chi connectivity index (χ4n) is 5.60. The Bertz CT molecular complexity index is 793. The number of halogens is 1. The van der Waals surface area contributed by atoms with Crippen LogP contribution in [0.15, 0.2) is 18.2 Å². The normalized spacial score (nSPS) is 30.0. The number of carbonyl (C=O) groups is 2. The lowest BCUT2D eigenvalue weighted by molar-refractivity contribution is -0.385. The van der Waals surface area contributed by atoms with Crippen LogP contribution in [0.2, 0.25) is 5.02 Å². The van der Waals surface area contributed by atoms with Crippen molar-refractivity contribution in [2.45, 2.75) is 44.1 Å². The Hall–Kier alpha value is -2.35. The number of ether oxygens (including phenoxy) is 1. The summed E-state index contributed by atoms with van der Waals surface area (Å²) in [4.78, 5) is 34.8. The number of carbonyl (C=O) groups excluding carboxylic acids is 2. The van der Waals surface area contributed by atoms with Crippen LogP contribution in [0, 0.1) is 27.9 Å². The highest BCUT2D eigenvalue weighted by Crippen LogP contribution is 2.55. The van der Waals surface area contributed by atoms with Gasteiger partial charge in [-0.15, -0.1) is 0 Å². The monoisotopic (exact) mass is 407 g/mol. The lowest BCUT2D eigenvalue weighted by Crippen LogP contribution is -2.62. The van der Waals surface area contributed by atoms with E-state index < -0.39 is 23.5 Å². The average molecular weight is 408 g/mol. The van der Waals surface area contributed by atoms with E-state index >= 15 is 0 Å². The number of rotatable bonds is 5. The van der Waals surface area contributed by atoms with E-state index in [9.17, 15) is 19.7 Å². The number of nitro benzene ring substituents is 1. The van der Waals surface area contributed by atoms with Crippen molar-refractivity contribution in [3.05, 3.63) is 33.3 Å². The van der Waals surface area contributed by atoms with Crippen LogP contribution in [-0.4, -0.2) is 29.0 Å². The smallest absolute Gasteiger partial charge is 0.321 e. The van der Waals surface area contributed by atoms with Crippen molar-refractivity contribution in [3.8, 4) is 5.75 Å². The van der Waals surface area contributed by atoms with Crippen molar-refractivity contribution in [2.24, 2.45) is 17.8 Å². The quantitative estimate of drug-likeness (QED) is 0.573. The number of nitrogens with one attached hydrogen (secondary N) is 2. The molecule has 150 valence electrons. The maximum atomic E-state index is 12.3. The molecule has 4 aliphatic carbocycles. The van der Waals surface area contributed by atoms with Gasteiger partial charge in [-0.2, -0.15) is 0 Å². The molecule has 4 saturated carbocycles. The van der Waals surface area contributed by atoms with Crippen molar-refractivity contribution in [2.75, 3.05) is 6.61 Å². The molecule has 0 radical (unpaired) electrons. The van der Waals surface area contributed by atoms with Crippen LogP contribution in [-0.2, 0) is 4.79 Å². The Kier molecular flexibility index (Phi) is 4.91. The summed E-state index contributed by atoms with van der Waals surface area (Å²) in [6, 6.07) is 3.38. The van der Waals surface area contributed by atoms with Crippen molar-refractivity contribution in [1.82, 2.24) is 10.6 Å². The van der Waals surface area contributed by atoms with Gasteiger partial charge in [-0.25, -0.2) is 4.79 Å². The van der Waals surface area contributed by atoms with Crippen LogP contribution in [0.3, 0.4) is 0 Å². The molecule has 1 aromatic carbocycles. The Morgan fingerprint density at radius 1 is 1.18 bits per heavy atom. The van der Waals surface area contributed by atoms with E-state index in [0.717, 1.165) is 25.3 Å². The molecular weight excluding hydrogens is 386 g/mol. The number of benzene rings is 1. The topological polar surface area (TPSA) is 111 Å². The number of hydrogen-bond acceptors (Lipinski definition) is 5. The first kappa shape index (κ1) is 19.0. The molecule has 0 spiro atoms. The molecule has 3 amide bonds. The molecular formula is C19H22ClN3O5. The van der Waals surface area contributed by atoms with E-state index in [1.54, 1.807) is 0 Å². The summed E-state index contributed by atoms with van der Waals surface area (Å²) in [5, 5.41) is 16.6. The third kappa shape index (κ3) is 3.92. The first-order chi connectivity index (χ1) is 13.3. The predicted octanol–water partition coefficient (Wildman–Crippen LogP) is 3.42. The van der Waals surface area contributed by atoms with Gasteiger partial charge in [0.1, 0.15) is 0 Å². The number of nitro groups is 1. The molecule has 4 aliphatic rings. The van der Waals surface area contributed by atoms with E-state index in [2.05, 4.69) is 10.6 Å². The van der Waals surface area contributed by atoms with Crippen molar-refractivity contribution >= 4 is 29.2 Å².